The number of pyridine rings is 1. The molecule has 148 valence electrons. The van der Waals surface area contributed by atoms with Crippen LogP contribution in [-0.4, -0.2) is 81.2 Å². The Morgan fingerprint density at radius 3 is 2.61 bits per heavy atom. The summed E-state index contributed by atoms with van der Waals surface area (Å²) in [6, 6.07) is 4.37. The van der Waals surface area contributed by atoms with Gasteiger partial charge in [-0.15, -0.1) is 0 Å². The number of aromatic nitrogens is 2. The van der Waals surface area contributed by atoms with Crippen molar-refractivity contribution in [1.29, 1.82) is 0 Å². The van der Waals surface area contributed by atoms with Gasteiger partial charge in [-0.05, 0) is 31.4 Å². The van der Waals surface area contributed by atoms with Crippen LogP contribution in [0.2, 0.25) is 0 Å². The van der Waals surface area contributed by atoms with E-state index in [-0.39, 0.29) is 17.7 Å². The molecule has 7 nitrogen and oxygen atoms in total. The third-order valence-electron chi connectivity index (χ3n) is 6.60. The molecule has 0 atom stereocenters. The quantitative estimate of drug-likeness (QED) is 0.808. The maximum absolute atomic E-state index is 12.9. The van der Waals surface area contributed by atoms with Gasteiger partial charge in [-0.1, -0.05) is 6.42 Å². The van der Waals surface area contributed by atoms with Gasteiger partial charge < -0.3 is 14.2 Å². The molecule has 2 aromatic heterocycles. The predicted molar refractivity (Wildman–Crippen MR) is 105 cm³/mol. The van der Waals surface area contributed by atoms with E-state index in [1.807, 2.05) is 27.8 Å². The van der Waals surface area contributed by atoms with E-state index < -0.39 is 0 Å². The summed E-state index contributed by atoms with van der Waals surface area (Å²) in [4.78, 5) is 36.2. The van der Waals surface area contributed by atoms with Gasteiger partial charge in [-0.3, -0.25) is 14.5 Å². The van der Waals surface area contributed by atoms with E-state index in [1.165, 1.54) is 19.3 Å². The van der Waals surface area contributed by atoms with Crippen molar-refractivity contribution in [3.63, 3.8) is 0 Å². The Morgan fingerprint density at radius 1 is 0.964 bits per heavy atom. The van der Waals surface area contributed by atoms with Crippen LogP contribution in [0.25, 0.3) is 5.65 Å². The molecule has 5 rings (SSSR count). The van der Waals surface area contributed by atoms with Crippen LogP contribution in [0, 0.1) is 5.92 Å². The van der Waals surface area contributed by atoms with E-state index in [4.69, 9.17) is 0 Å². The molecule has 0 unspecified atom stereocenters. The summed E-state index contributed by atoms with van der Waals surface area (Å²) >= 11 is 0. The second-order valence-electron chi connectivity index (χ2n) is 8.31. The zero-order valence-electron chi connectivity index (χ0n) is 16.2. The molecule has 2 amide bonds. The average Bonchev–Trinajstić information content (AvgIpc) is 2.96. The molecule has 0 spiro atoms. The lowest BCUT2D eigenvalue weighted by Crippen LogP contribution is -2.56. The lowest BCUT2D eigenvalue weighted by Gasteiger charge is -2.40. The number of carbonyl (C=O) groups excluding carboxylic acids is 2. The maximum atomic E-state index is 12.9. The van der Waals surface area contributed by atoms with E-state index in [0.717, 1.165) is 44.3 Å². The lowest BCUT2D eigenvalue weighted by molar-refractivity contribution is -0.139. The lowest BCUT2D eigenvalue weighted by atomic mass is 9.91. The van der Waals surface area contributed by atoms with Gasteiger partial charge in [-0.25, -0.2) is 4.98 Å². The molecular formula is C21H27N5O2. The maximum Gasteiger partial charge on any atom is 0.254 e. The predicted octanol–water partition coefficient (Wildman–Crippen LogP) is 1.49. The number of carbonyl (C=O) groups is 2. The summed E-state index contributed by atoms with van der Waals surface area (Å²) in [6.45, 7) is 4.84. The highest BCUT2D eigenvalue weighted by Gasteiger charge is 2.39. The van der Waals surface area contributed by atoms with Crippen molar-refractivity contribution in [3.05, 3.63) is 36.3 Å². The fourth-order valence-electron chi connectivity index (χ4n) is 4.56. The molecule has 0 aromatic carbocycles. The van der Waals surface area contributed by atoms with Crippen molar-refractivity contribution < 1.29 is 9.59 Å². The van der Waals surface area contributed by atoms with E-state index in [9.17, 15) is 9.59 Å². The Labute approximate surface area is 164 Å². The minimum atomic E-state index is -0.0469. The molecule has 0 bridgehead atoms. The monoisotopic (exact) mass is 381 g/mol. The van der Waals surface area contributed by atoms with Gasteiger partial charge in [0.25, 0.3) is 5.91 Å². The molecule has 2 saturated heterocycles. The average molecular weight is 381 g/mol. The molecule has 7 heteroatoms. The smallest absolute Gasteiger partial charge is 0.254 e. The third-order valence-corrected chi connectivity index (χ3v) is 6.60. The van der Waals surface area contributed by atoms with Crippen LogP contribution in [-0.2, 0) is 4.79 Å². The number of imidazole rings is 1. The number of hydrogen-bond acceptors (Lipinski definition) is 4. The number of likely N-dealkylation sites (tertiary alicyclic amines) is 1. The number of fused-ring (bicyclic) bond motifs is 1. The van der Waals surface area contributed by atoms with Crippen molar-refractivity contribution in [2.24, 2.45) is 5.92 Å². The van der Waals surface area contributed by atoms with Crippen molar-refractivity contribution in [3.8, 4) is 0 Å². The molecule has 1 aliphatic carbocycles. The van der Waals surface area contributed by atoms with Gasteiger partial charge in [0.05, 0.1) is 5.92 Å². The van der Waals surface area contributed by atoms with Crippen molar-refractivity contribution in [1.82, 2.24) is 24.1 Å². The van der Waals surface area contributed by atoms with Gasteiger partial charge in [0.15, 0.2) is 0 Å². The van der Waals surface area contributed by atoms with Crippen LogP contribution in [0.5, 0.6) is 0 Å². The highest BCUT2D eigenvalue weighted by atomic mass is 16.2. The molecule has 4 heterocycles. The van der Waals surface area contributed by atoms with Crippen molar-refractivity contribution >= 4 is 17.5 Å². The highest BCUT2D eigenvalue weighted by Crippen LogP contribution is 2.26. The summed E-state index contributed by atoms with van der Waals surface area (Å²) in [5, 5.41) is 0. The van der Waals surface area contributed by atoms with Crippen LogP contribution in [0.15, 0.2) is 30.7 Å². The summed E-state index contributed by atoms with van der Waals surface area (Å²) in [5.41, 5.74) is 1.40. The summed E-state index contributed by atoms with van der Waals surface area (Å²) in [6.07, 6.45) is 10.5. The van der Waals surface area contributed by atoms with Gasteiger partial charge in [-0.2, -0.15) is 0 Å². The Balaban J connectivity index is 1.15. The minimum absolute atomic E-state index is 0.0124. The zero-order valence-corrected chi connectivity index (χ0v) is 16.2. The third kappa shape index (κ3) is 3.17. The summed E-state index contributed by atoms with van der Waals surface area (Å²) < 4.78 is 1.88. The Bertz CT molecular complexity index is 884. The minimum Gasteiger partial charge on any atom is -0.341 e. The van der Waals surface area contributed by atoms with Gasteiger partial charge >= 0.3 is 0 Å². The fraction of sp³-hybridized carbons (Fsp3) is 0.571. The highest BCUT2D eigenvalue weighted by molar-refractivity contribution is 5.96. The normalized spacial score (nSPS) is 22.0. The van der Waals surface area contributed by atoms with E-state index in [0.29, 0.717) is 18.7 Å². The van der Waals surface area contributed by atoms with Gasteiger partial charge in [0.1, 0.15) is 5.65 Å². The van der Waals surface area contributed by atoms with Crippen LogP contribution in [0.3, 0.4) is 0 Å². The van der Waals surface area contributed by atoms with Gasteiger partial charge in [0, 0.05) is 69.5 Å². The number of hydrogen-bond donors (Lipinski definition) is 0. The van der Waals surface area contributed by atoms with E-state index >= 15 is 0 Å². The molecule has 1 saturated carbocycles. The van der Waals surface area contributed by atoms with E-state index in [2.05, 4.69) is 9.88 Å². The number of amides is 2. The second-order valence-corrected chi connectivity index (χ2v) is 8.31. The SMILES string of the molecule is O=C(c1ccn2ccnc2c1)N1CC(C(=O)N2CCCN(C3CCC3)CC2)C1. The van der Waals surface area contributed by atoms with Crippen LogP contribution < -0.4 is 0 Å². The molecule has 0 radical (unpaired) electrons. The van der Waals surface area contributed by atoms with Crippen molar-refractivity contribution in [2.75, 3.05) is 39.3 Å². The molecular weight excluding hydrogens is 354 g/mol. The number of rotatable bonds is 3. The first kappa shape index (κ1) is 17.7. The molecule has 3 fully saturated rings. The summed E-state index contributed by atoms with van der Waals surface area (Å²) in [5.74, 6) is 0.166. The van der Waals surface area contributed by atoms with E-state index in [1.54, 1.807) is 17.2 Å². The molecule has 28 heavy (non-hydrogen) atoms. The summed E-state index contributed by atoms with van der Waals surface area (Å²) in [7, 11) is 0. The van der Waals surface area contributed by atoms with Gasteiger partial charge in [0.2, 0.25) is 5.91 Å². The Kier molecular flexibility index (Phi) is 4.55. The standard InChI is InChI=1S/C21H27N5O2/c27-20(16-5-9-24-10-6-22-19(24)13-16)26-14-17(15-26)21(28)25-8-2-7-23(11-12-25)18-3-1-4-18/h5-6,9-10,13,17-18H,1-4,7-8,11-12,14-15H2. The fourth-order valence-corrected chi connectivity index (χ4v) is 4.56. The van der Waals surface area contributed by atoms with Crippen LogP contribution in [0.4, 0.5) is 0 Å². The Morgan fingerprint density at radius 2 is 1.82 bits per heavy atom. The van der Waals surface area contributed by atoms with Crippen LogP contribution >= 0.6 is 0 Å². The number of nitrogens with zero attached hydrogens (tertiary/aromatic N) is 5. The largest absolute Gasteiger partial charge is 0.341 e. The zero-order chi connectivity index (χ0) is 19.1. The Hall–Kier alpha value is -2.41. The molecule has 0 N–H and O–H groups in total. The second kappa shape index (κ2) is 7.20. The van der Waals surface area contributed by atoms with Crippen molar-refractivity contribution in [2.45, 2.75) is 31.7 Å². The molecule has 3 aliphatic rings. The molecule has 2 aliphatic heterocycles. The first-order valence-electron chi connectivity index (χ1n) is 10.4. The molecule has 2 aromatic rings. The first-order chi connectivity index (χ1) is 13.7. The topological polar surface area (TPSA) is 61.2 Å². The van der Waals surface area contributed by atoms with Crippen LogP contribution in [0.1, 0.15) is 36.0 Å². The first-order valence-corrected chi connectivity index (χ1v) is 10.4.